The quantitative estimate of drug-likeness (QED) is 0.542. The zero-order valence-corrected chi connectivity index (χ0v) is 19.1. The normalized spacial score (nSPS) is 14.4. The van der Waals surface area contributed by atoms with Crippen LogP contribution in [-0.4, -0.2) is 43.1 Å². The van der Waals surface area contributed by atoms with Crippen LogP contribution in [0.15, 0.2) is 72.8 Å². The van der Waals surface area contributed by atoms with Gasteiger partial charge >= 0.3 is 0 Å². The number of carbonyl (C=O) groups is 1. The van der Waals surface area contributed by atoms with Crippen LogP contribution in [-0.2, 0) is 6.54 Å². The molecule has 0 unspecified atom stereocenters. The highest BCUT2D eigenvalue weighted by Gasteiger charge is 2.17. The smallest absolute Gasteiger partial charge is 0.255 e. The van der Waals surface area contributed by atoms with E-state index in [1.54, 1.807) is 12.1 Å². The molecule has 6 heteroatoms. The van der Waals surface area contributed by atoms with E-state index in [0.29, 0.717) is 11.3 Å². The number of hydrogen-bond donors (Lipinski definition) is 1. The molecule has 172 valence electrons. The number of halogens is 1. The van der Waals surface area contributed by atoms with E-state index in [1.165, 1.54) is 12.1 Å². The summed E-state index contributed by atoms with van der Waals surface area (Å²) in [6.45, 7) is 8.50. The third-order valence-electron chi connectivity index (χ3n) is 5.65. The van der Waals surface area contributed by atoms with Gasteiger partial charge in [-0.2, -0.15) is 0 Å². The Morgan fingerprint density at radius 2 is 1.67 bits per heavy atom. The summed E-state index contributed by atoms with van der Waals surface area (Å²) in [5, 5.41) is 2.96. The molecule has 1 fully saturated rings. The molecule has 1 aliphatic rings. The molecule has 1 heterocycles. The summed E-state index contributed by atoms with van der Waals surface area (Å²) in [4.78, 5) is 17.4. The zero-order chi connectivity index (χ0) is 23.2. The van der Waals surface area contributed by atoms with Gasteiger partial charge in [0.1, 0.15) is 11.6 Å². The van der Waals surface area contributed by atoms with Crippen LogP contribution in [0, 0.1) is 5.82 Å². The lowest BCUT2D eigenvalue weighted by molar-refractivity contribution is 0.102. The second kappa shape index (κ2) is 10.5. The molecule has 1 N–H and O–H groups in total. The summed E-state index contributed by atoms with van der Waals surface area (Å²) in [5.74, 6) is 0.329. The average Bonchev–Trinajstić information content (AvgIpc) is 2.81. The summed E-state index contributed by atoms with van der Waals surface area (Å²) < 4.78 is 18.8. The van der Waals surface area contributed by atoms with Gasteiger partial charge in [0.05, 0.1) is 6.10 Å². The first-order chi connectivity index (χ1) is 16.0. The Hall–Kier alpha value is -3.38. The maximum Gasteiger partial charge on any atom is 0.255 e. The van der Waals surface area contributed by atoms with Crippen LogP contribution in [0.2, 0.25) is 0 Å². The first-order valence-corrected chi connectivity index (χ1v) is 11.4. The van der Waals surface area contributed by atoms with E-state index in [2.05, 4.69) is 15.1 Å². The lowest BCUT2D eigenvalue weighted by Gasteiger charge is -2.36. The van der Waals surface area contributed by atoms with Crippen molar-refractivity contribution in [1.29, 1.82) is 0 Å². The van der Waals surface area contributed by atoms with Crippen LogP contribution in [0.4, 0.5) is 15.8 Å². The highest BCUT2D eigenvalue weighted by Crippen LogP contribution is 2.22. The highest BCUT2D eigenvalue weighted by atomic mass is 19.1. The van der Waals surface area contributed by atoms with Crippen LogP contribution >= 0.6 is 0 Å². The van der Waals surface area contributed by atoms with E-state index in [9.17, 15) is 9.18 Å². The predicted octanol–water partition coefficient (Wildman–Crippen LogP) is 5.19. The van der Waals surface area contributed by atoms with Crippen LogP contribution in [0.5, 0.6) is 5.75 Å². The van der Waals surface area contributed by atoms with Crippen molar-refractivity contribution in [2.24, 2.45) is 0 Å². The largest absolute Gasteiger partial charge is 0.491 e. The molecule has 0 saturated carbocycles. The molecule has 0 aliphatic carbocycles. The van der Waals surface area contributed by atoms with Crippen LogP contribution in [0.25, 0.3) is 0 Å². The Morgan fingerprint density at radius 1 is 0.970 bits per heavy atom. The van der Waals surface area contributed by atoms with Gasteiger partial charge in [-0.05, 0) is 74.0 Å². The zero-order valence-electron chi connectivity index (χ0n) is 19.1. The van der Waals surface area contributed by atoms with Gasteiger partial charge in [-0.1, -0.05) is 18.2 Å². The van der Waals surface area contributed by atoms with Crippen LogP contribution < -0.4 is 15.0 Å². The van der Waals surface area contributed by atoms with Crippen molar-refractivity contribution in [1.82, 2.24) is 4.90 Å². The van der Waals surface area contributed by atoms with Crippen molar-refractivity contribution in [3.05, 3.63) is 89.7 Å². The molecule has 3 aromatic carbocycles. The molecule has 5 nitrogen and oxygen atoms in total. The molecule has 4 rings (SSSR count). The fraction of sp³-hybridized carbons (Fsp3) is 0.296. The lowest BCUT2D eigenvalue weighted by atomic mass is 10.1. The monoisotopic (exact) mass is 447 g/mol. The molecule has 0 aromatic heterocycles. The maximum atomic E-state index is 13.1. The Bertz CT molecular complexity index is 1060. The third-order valence-corrected chi connectivity index (χ3v) is 5.65. The summed E-state index contributed by atoms with van der Waals surface area (Å²) in [5.41, 5.74) is 3.59. The standard InChI is InChI=1S/C27H30FN3O2/c1-20(2)33-26-5-3-4-22(18-26)27(32)29-24-10-12-25(13-11-24)31-16-14-30(15-17-31)19-21-6-8-23(28)9-7-21/h3-13,18,20H,14-17,19H2,1-2H3,(H,29,32). The van der Waals surface area contributed by atoms with Gasteiger partial charge in [-0.3, -0.25) is 9.69 Å². The summed E-state index contributed by atoms with van der Waals surface area (Å²) in [6, 6.07) is 21.9. The number of hydrogen-bond acceptors (Lipinski definition) is 4. The molecule has 1 aliphatic heterocycles. The highest BCUT2D eigenvalue weighted by molar-refractivity contribution is 6.04. The van der Waals surface area contributed by atoms with E-state index in [4.69, 9.17) is 4.74 Å². The van der Waals surface area contributed by atoms with Crippen molar-refractivity contribution in [3.63, 3.8) is 0 Å². The predicted molar refractivity (Wildman–Crippen MR) is 130 cm³/mol. The molecule has 0 atom stereocenters. The second-order valence-electron chi connectivity index (χ2n) is 8.59. The van der Waals surface area contributed by atoms with Crippen molar-refractivity contribution >= 4 is 17.3 Å². The van der Waals surface area contributed by atoms with Gasteiger partial charge in [0.15, 0.2) is 0 Å². The number of anilines is 2. The first-order valence-electron chi connectivity index (χ1n) is 11.4. The molecular weight excluding hydrogens is 417 g/mol. The van der Waals surface area contributed by atoms with E-state index in [0.717, 1.165) is 49.7 Å². The van der Waals surface area contributed by atoms with Crippen LogP contribution in [0.1, 0.15) is 29.8 Å². The molecule has 1 saturated heterocycles. The number of ether oxygens (including phenoxy) is 1. The summed E-state index contributed by atoms with van der Waals surface area (Å²) in [6.07, 6.45) is 0.0561. The molecule has 33 heavy (non-hydrogen) atoms. The van der Waals surface area contributed by atoms with Crippen LogP contribution in [0.3, 0.4) is 0 Å². The lowest BCUT2D eigenvalue weighted by Crippen LogP contribution is -2.45. The second-order valence-corrected chi connectivity index (χ2v) is 8.59. The Balaban J connectivity index is 1.29. The third kappa shape index (κ3) is 6.33. The van der Waals surface area contributed by atoms with Crippen molar-refractivity contribution in [2.75, 3.05) is 36.4 Å². The van der Waals surface area contributed by atoms with E-state index in [-0.39, 0.29) is 17.8 Å². The van der Waals surface area contributed by atoms with Gasteiger partial charge in [-0.25, -0.2) is 4.39 Å². The number of nitrogens with zero attached hydrogens (tertiary/aromatic N) is 2. The molecule has 1 amide bonds. The minimum atomic E-state index is -0.197. The SMILES string of the molecule is CC(C)Oc1cccc(C(=O)Nc2ccc(N3CCN(Cc4ccc(F)cc4)CC3)cc2)c1. The van der Waals surface area contributed by atoms with Gasteiger partial charge in [-0.15, -0.1) is 0 Å². The number of piperazine rings is 1. The number of rotatable bonds is 7. The molecular formula is C27H30FN3O2. The van der Waals surface area contributed by atoms with E-state index >= 15 is 0 Å². The molecule has 0 bridgehead atoms. The Morgan fingerprint density at radius 3 is 2.33 bits per heavy atom. The maximum absolute atomic E-state index is 13.1. The van der Waals surface area contributed by atoms with E-state index < -0.39 is 0 Å². The Labute approximate surface area is 194 Å². The number of carbonyl (C=O) groups excluding carboxylic acids is 1. The average molecular weight is 448 g/mol. The molecule has 0 spiro atoms. The van der Waals surface area contributed by atoms with Crippen molar-refractivity contribution < 1.29 is 13.9 Å². The number of amides is 1. The minimum Gasteiger partial charge on any atom is -0.491 e. The van der Waals surface area contributed by atoms with Gasteiger partial charge in [0.2, 0.25) is 0 Å². The first kappa shape index (κ1) is 22.8. The van der Waals surface area contributed by atoms with Gasteiger partial charge < -0.3 is 15.0 Å². The fourth-order valence-electron chi connectivity index (χ4n) is 3.95. The summed E-state index contributed by atoms with van der Waals surface area (Å²) in [7, 11) is 0. The molecule has 0 radical (unpaired) electrons. The van der Waals surface area contributed by atoms with Gasteiger partial charge in [0.25, 0.3) is 5.91 Å². The molecule has 3 aromatic rings. The topological polar surface area (TPSA) is 44.8 Å². The number of nitrogens with one attached hydrogen (secondary N) is 1. The Kier molecular flexibility index (Phi) is 7.25. The van der Waals surface area contributed by atoms with Crippen molar-refractivity contribution in [2.45, 2.75) is 26.5 Å². The fourth-order valence-corrected chi connectivity index (χ4v) is 3.95. The van der Waals surface area contributed by atoms with Crippen molar-refractivity contribution in [3.8, 4) is 5.75 Å². The summed E-state index contributed by atoms with van der Waals surface area (Å²) >= 11 is 0. The minimum absolute atomic E-state index is 0.0561. The van der Waals surface area contributed by atoms with Gasteiger partial charge in [0, 0.05) is 49.7 Å². The number of benzene rings is 3. The van der Waals surface area contributed by atoms with E-state index in [1.807, 2.05) is 62.4 Å².